The Morgan fingerprint density at radius 1 is 0.765 bits per heavy atom. The zero-order valence-corrected chi connectivity index (χ0v) is 19.9. The fourth-order valence-corrected chi connectivity index (χ4v) is 4.03. The molecule has 3 N–H and O–H groups in total. The average Bonchev–Trinajstić information content (AvgIpc) is 2.86. The van der Waals surface area contributed by atoms with Crippen LogP contribution in [0.2, 0.25) is 0 Å². The van der Waals surface area contributed by atoms with E-state index in [1.54, 1.807) is 0 Å². The van der Waals surface area contributed by atoms with Crippen molar-refractivity contribution in [3.63, 3.8) is 0 Å². The third-order valence-corrected chi connectivity index (χ3v) is 5.80. The molecule has 0 bridgehead atoms. The summed E-state index contributed by atoms with van der Waals surface area (Å²) < 4.78 is 0. The van der Waals surface area contributed by atoms with E-state index in [1.165, 1.54) is 11.1 Å². The number of hydrogen-bond donors (Lipinski definition) is 2. The molecule has 4 aromatic carbocycles. The van der Waals surface area contributed by atoms with Gasteiger partial charge in [0.2, 0.25) is 0 Å². The molecule has 0 saturated heterocycles. The molecule has 0 fully saturated rings. The maximum absolute atomic E-state index is 12.7. The Bertz CT molecular complexity index is 1240. The van der Waals surface area contributed by atoms with Crippen molar-refractivity contribution in [1.82, 2.24) is 5.32 Å². The van der Waals surface area contributed by atoms with E-state index in [0.717, 1.165) is 47.6 Å². The predicted molar refractivity (Wildman–Crippen MR) is 140 cm³/mol. The van der Waals surface area contributed by atoms with Gasteiger partial charge in [-0.05, 0) is 72.3 Å². The third-order valence-electron chi connectivity index (χ3n) is 5.80. The number of nitrogens with one attached hydrogen (secondary N) is 1. The second-order valence-corrected chi connectivity index (χ2v) is 8.29. The zero-order chi connectivity index (χ0) is 24.3. The van der Waals surface area contributed by atoms with Crippen molar-refractivity contribution in [3.05, 3.63) is 118 Å². The number of hydrogen-bond acceptors (Lipinski definition) is 3. The molecular formula is C30H32N2O2. The molecule has 0 aliphatic rings. The molecule has 1 amide bonds. The topological polar surface area (TPSA) is 72.2 Å². The highest BCUT2D eigenvalue weighted by atomic mass is 16.1. The predicted octanol–water partition coefficient (Wildman–Crippen LogP) is 5.43. The summed E-state index contributed by atoms with van der Waals surface area (Å²) in [4.78, 5) is 24.1. The standard InChI is InChI=1S/C22H21NO2.C8H11N/c1-15-9-11-19(21-16(2)8-10-18(14-24)20(15)21)22(25)23-13-12-17-6-4-3-5-7-17;9-7-6-8-4-2-1-3-5-8/h3-11,14H,12-13H2,1-2H3,(H,23,25);1-5H,6-7,9H2. The Morgan fingerprint density at radius 3 is 1.91 bits per heavy atom. The van der Waals surface area contributed by atoms with Crippen molar-refractivity contribution in [2.45, 2.75) is 26.7 Å². The summed E-state index contributed by atoms with van der Waals surface area (Å²) in [6.45, 7) is 5.25. The van der Waals surface area contributed by atoms with E-state index in [-0.39, 0.29) is 5.91 Å². The van der Waals surface area contributed by atoms with Crippen LogP contribution in [-0.2, 0) is 12.8 Å². The van der Waals surface area contributed by atoms with E-state index in [2.05, 4.69) is 17.4 Å². The molecule has 0 aliphatic carbocycles. The molecule has 0 spiro atoms. The van der Waals surface area contributed by atoms with Gasteiger partial charge < -0.3 is 11.1 Å². The minimum atomic E-state index is -0.105. The van der Waals surface area contributed by atoms with Gasteiger partial charge in [0.1, 0.15) is 0 Å². The van der Waals surface area contributed by atoms with Crippen LogP contribution in [-0.4, -0.2) is 25.3 Å². The van der Waals surface area contributed by atoms with Crippen LogP contribution < -0.4 is 11.1 Å². The SMILES string of the molecule is Cc1ccc(C(=O)NCCc2ccccc2)c2c(C)ccc(C=O)c12.NCCc1ccccc1. The Hall–Kier alpha value is -3.76. The first-order valence-corrected chi connectivity index (χ1v) is 11.6. The number of aldehydes is 1. The van der Waals surface area contributed by atoms with Gasteiger partial charge in [-0.1, -0.05) is 78.9 Å². The lowest BCUT2D eigenvalue weighted by Gasteiger charge is -2.13. The number of carbonyl (C=O) groups is 2. The van der Waals surface area contributed by atoms with Gasteiger partial charge in [-0.15, -0.1) is 0 Å². The molecule has 4 nitrogen and oxygen atoms in total. The maximum Gasteiger partial charge on any atom is 0.251 e. The van der Waals surface area contributed by atoms with E-state index in [0.29, 0.717) is 17.7 Å². The number of nitrogens with two attached hydrogens (primary N) is 1. The monoisotopic (exact) mass is 452 g/mol. The molecule has 0 saturated carbocycles. The molecule has 34 heavy (non-hydrogen) atoms. The van der Waals surface area contributed by atoms with Crippen molar-refractivity contribution in [1.29, 1.82) is 0 Å². The number of amides is 1. The van der Waals surface area contributed by atoms with Gasteiger partial charge >= 0.3 is 0 Å². The molecule has 4 aromatic rings. The van der Waals surface area contributed by atoms with Gasteiger partial charge in [0.25, 0.3) is 5.91 Å². The molecule has 0 radical (unpaired) electrons. The molecule has 0 unspecified atom stereocenters. The van der Waals surface area contributed by atoms with Gasteiger partial charge in [0.15, 0.2) is 6.29 Å². The Balaban J connectivity index is 0.000000302. The van der Waals surface area contributed by atoms with Crippen molar-refractivity contribution in [2.24, 2.45) is 5.73 Å². The summed E-state index contributed by atoms with van der Waals surface area (Å²) in [5.74, 6) is -0.105. The number of carbonyl (C=O) groups excluding carboxylic acids is 2. The highest BCUT2D eigenvalue weighted by Crippen LogP contribution is 2.28. The fourth-order valence-electron chi connectivity index (χ4n) is 4.03. The van der Waals surface area contributed by atoms with Crippen LogP contribution in [0.5, 0.6) is 0 Å². The largest absolute Gasteiger partial charge is 0.352 e. The second kappa shape index (κ2) is 12.5. The van der Waals surface area contributed by atoms with E-state index in [9.17, 15) is 9.59 Å². The summed E-state index contributed by atoms with van der Waals surface area (Å²) in [5, 5.41) is 4.73. The molecule has 174 valence electrons. The normalized spacial score (nSPS) is 10.3. The lowest BCUT2D eigenvalue weighted by atomic mass is 9.93. The van der Waals surface area contributed by atoms with Crippen molar-refractivity contribution in [3.8, 4) is 0 Å². The van der Waals surface area contributed by atoms with E-state index in [4.69, 9.17) is 5.73 Å². The maximum atomic E-state index is 12.7. The molecule has 0 aromatic heterocycles. The number of rotatable bonds is 7. The van der Waals surface area contributed by atoms with E-state index < -0.39 is 0 Å². The number of fused-ring (bicyclic) bond motifs is 1. The number of aryl methyl sites for hydroxylation is 2. The second-order valence-electron chi connectivity index (χ2n) is 8.29. The Morgan fingerprint density at radius 2 is 1.32 bits per heavy atom. The van der Waals surface area contributed by atoms with Crippen LogP contribution in [0.25, 0.3) is 10.8 Å². The lowest BCUT2D eigenvalue weighted by Crippen LogP contribution is -2.26. The van der Waals surface area contributed by atoms with Crippen LogP contribution in [0.15, 0.2) is 84.9 Å². The van der Waals surface area contributed by atoms with E-state index in [1.807, 2.05) is 86.6 Å². The first-order chi connectivity index (χ1) is 16.5. The third kappa shape index (κ3) is 6.40. The molecule has 0 atom stereocenters. The average molecular weight is 453 g/mol. The smallest absolute Gasteiger partial charge is 0.251 e. The highest BCUT2D eigenvalue weighted by molar-refractivity contribution is 6.12. The summed E-state index contributed by atoms with van der Waals surface area (Å²) in [7, 11) is 0. The molecule has 4 heteroatoms. The van der Waals surface area contributed by atoms with Crippen molar-refractivity contribution in [2.75, 3.05) is 13.1 Å². The van der Waals surface area contributed by atoms with Crippen LogP contribution in [0.3, 0.4) is 0 Å². The molecule has 0 heterocycles. The lowest BCUT2D eigenvalue weighted by molar-refractivity contribution is 0.0955. The van der Waals surface area contributed by atoms with Crippen molar-refractivity contribution >= 4 is 23.0 Å². The number of benzene rings is 4. The summed E-state index contributed by atoms with van der Waals surface area (Å²) in [5.41, 5.74) is 11.1. The first kappa shape index (κ1) is 24.9. The zero-order valence-electron chi connectivity index (χ0n) is 19.9. The van der Waals surface area contributed by atoms with Crippen LogP contribution >= 0.6 is 0 Å². The van der Waals surface area contributed by atoms with Gasteiger partial charge in [0.05, 0.1) is 0 Å². The summed E-state index contributed by atoms with van der Waals surface area (Å²) in [6.07, 6.45) is 2.63. The van der Waals surface area contributed by atoms with Gasteiger partial charge in [-0.25, -0.2) is 0 Å². The van der Waals surface area contributed by atoms with Crippen LogP contribution in [0.1, 0.15) is 43.0 Å². The van der Waals surface area contributed by atoms with Crippen LogP contribution in [0, 0.1) is 13.8 Å². The first-order valence-electron chi connectivity index (χ1n) is 11.6. The van der Waals surface area contributed by atoms with Gasteiger partial charge in [-0.3, -0.25) is 9.59 Å². The molecule has 4 rings (SSSR count). The van der Waals surface area contributed by atoms with Crippen LogP contribution in [0.4, 0.5) is 0 Å². The summed E-state index contributed by atoms with van der Waals surface area (Å²) >= 11 is 0. The Kier molecular flexibility index (Phi) is 9.12. The summed E-state index contributed by atoms with van der Waals surface area (Å²) in [6, 6.07) is 27.8. The van der Waals surface area contributed by atoms with Gasteiger partial charge in [-0.2, -0.15) is 0 Å². The minimum absolute atomic E-state index is 0.105. The van der Waals surface area contributed by atoms with Crippen molar-refractivity contribution < 1.29 is 9.59 Å². The molecule has 0 aliphatic heterocycles. The molecular weight excluding hydrogens is 420 g/mol. The Labute approximate surface area is 201 Å². The minimum Gasteiger partial charge on any atom is -0.352 e. The van der Waals surface area contributed by atoms with E-state index >= 15 is 0 Å². The highest BCUT2D eigenvalue weighted by Gasteiger charge is 2.15. The fraction of sp³-hybridized carbons (Fsp3) is 0.200. The quantitative estimate of drug-likeness (QED) is 0.367. The van der Waals surface area contributed by atoms with Gasteiger partial charge in [0, 0.05) is 17.7 Å².